The Labute approximate surface area is 186 Å². The number of rotatable bonds is 4. The van der Waals surface area contributed by atoms with Crippen LogP contribution in [0.15, 0.2) is 78.4 Å². The number of amides is 1. The van der Waals surface area contributed by atoms with Crippen molar-refractivity contribution in [3.05, 3.63) is 100 Å². The number of halogens is 1. The fourth-order valence-corrected chi connectivity index (χ4v) is 3.87. The summed E-state index contributed by atoms with van der Waals surface area (Å²) >= 11 is 5.89. The maximum absolute atomic E-state index is 12.6. The van der Waals surface area contributed by atoms with E-state index in [1.54, 1.807) is 30.3 Å². The standard InChI is InChI=1S/C26H20ClN3O/c1-17-14-20(15-21(16-28)26(31)29-23-12-10-22(27)11-13-23)18(2)30(17)25-9-5-7-19-6-3-4-8-24(19)25/h3-15H,1-2H3,(H,29,31)/b21-15-. The smallest absolute Gasteiger partial charge is 0.266 e. The first-order valence-corrected chi connectivity index (χ1v) is 10.2. The highest BCUT2D eigenvalue weighted by Gasteiger charge is 2.15. The molecule has 152 valence electrons. The highest BCUT2D eigenvalue weighted by molar-refractivity contribution is 6.30. The van der Waals surface area contributed by atoms with Gasteiger partial charge in [0.15, 0.2) is 0 Å². The summed E-state index contributed by atoms with van der Waals surface area (Å²) in [6.07, 6.45) is 1.63. The molecule has 0 aliphatic carbocycles. The molecule has 0 atom stereocenters. The minimum Gasteiger partial charge on any atom is -0.321 e. The molecule has 5 heteroatoms. The lowest BCUT2D eigenvalue weighted by Gasteiger charge is -2.13. The maximum atomic E-state index is 12.6. The van der Waals surface area contributed by atoms with Gasteiger partial charge >= 0.3 is 0 Å². The Balaban J connectivity index is 1.72. The van der Waals surface area contributed by atoms with Gasteiger partial charge in [-0.1, -0.05) is 48.0 Å². The topological polar surface area (TPSA) is 57.8 Å². The lowest BCUT2D eigenvalue weighted by Crippen LogP contribution is -2.13. The van der Waals surface area contributed by atoms with Crippen LogP contribution in [0, 0.1) is 25.2 Å². The molecule has 31 heavy (non-hydrogen) atoms. The lowest BCUT2D eigenvalue weighted by molar-refractivity contribution is -0.112. The van der Waals surface area contributed by atoms with Crippen LogP contribution in [0.3, 0.4) is 0 Å². The normalized spacial score (nSPS) is 11.4. The van der Waals surface area contributed by atoms with Crippen molar-refractivity contribution < 1.29 is 4.79 Å². The molecule has 0 saturated heterocycles. The second-order valence-electron chi connectivity index (χ2n) is 7.29. The summed E-state index contributed by atoms with van der Waals surface area (Å²) < 4.78 is 2.15. The molecule has 1 aromatic heterocycles. The molecule has 4 rings (SSSR count). The fourth-order valence-electron chi connectivity index (χ4n) is 3.74. The number of hydrogen-bond acceptors (Lipinski definition) is 2. The zero-order valence-electron chi connectivity index (χ0n) is 17.2. The van der Waals surface area contributed by atoms with Gasteiger partial charge in [-0.25, -0.2) is 0 Å². The molecule has 1 amide bonds. The van der Waals surface area contributed by atoms with Gasteiger partial charge in [-0.3, -0.25) is 4.79 Å². The zero-order valence-corrected chi connectivity index (χ0v) is 17.9. The van der Waals surface area contributed by atoms with Crippen molar-refractivity contribution in [1.29, 1.82) is 5.26 Å². The SMILES string of the molecule is Cc1cc(/C=C(/C#N)C(=O)Nc2ccc(Cl)cc2)c(C)n1-c1cccc2ccccc12. The molecule has 0 aliphatic rings. The molecule has 4 aromatic rings. The summed E-state index contributed by atoms with van der Waals surface area (Å²) in [6.45, 7) is 4.01. The van der Waals surface area contributed by atoms with Gasteiger partial charge in [-0.15, -0.1) is 0 Å². The Hall–Kier alpha value is -3.81. The molecule has 0 fully saturated rings. The van der Waals surface area contributed by atoms with E-state index in [1.807, 2.05) is 44.2 Å². The van der Waals surface area contributed by atoms with E-state index in [0.717, 1.165) is 33.4 Å². The number of aromatic nitrogens is 1. The summed E-state index contributed by atoms with van der Waals surface area (Å²) in [5.74, 6) is -0.459. The molecule has 1 heterocycles. The average Bonchev–Trinajstić information content (AvgIpc) is 3.05. The number of nitrogens with one attached hydrogen (secondary N) is 1. The van der Waals surface area contributed by atoms with E-state index in [2.05, 4.69) is 34.1 Å². The molecule has 0 radical (unpaired) electrons. The number of anilines is 1. The molecule has 0 saturated carbocycles. The van der Waals surface area contributed by atoms with E-state index < -0.39 is 5.91 Å². The molecule has 3 aromatic carbocycles. The Morgan fingerprint density at radius 3 is 2.48 bits per heavy atom. The van der Waals surface area contributed by atoms with Crippen molar-refractivity contribution in [2.75, 3.05) is 5.32 Å². The third kappa shape index (κ3) is 4.09. The van der Waals surface area contributed by atoms with E-state index in [0.29, 0.717) is 10.7 Å². The number of hydrogen-bond donors (Lipinski definition) is 1. The number of aryl methyl sites for hydroxylation is 1. The van der Waals surface area contributed by atoms with Crippen molar-refractivity contribution in [3.63, 3.8) is 0 Å². The van der Waals surface area contributed by atoms with Crippen LogP contribution in [0.5, 0.6) is 0 Å². The summed E-state index contributed by atoms with van der Waals surface area (Å²) in [7, 11) is 0. The predicted octanol–water partition coefficient (Wildman–Crippen LogP) is 6.45. The van der Waals surface area contributed by atoms with Crippen LogP contribution < -0.4 is 5.32 Å². The van der Waals surface area contributed by atoms with E-state index in [-0.39, 0.29) is 5.57 Å². The Kier molecular flexibility index (Phi) is 5.62. The first kappa shape index (κ1) is 20.5. The molecule has 0 spiro atoms. The molecule has 0 unspecified atom stereocenters. The number of nitriles is 1. The van der Waals surface area contributed by atoms with Gasteiger partial charge in [0.2, 0.25) is 0 Å². The summed E-state index contributed by atoms with van der Waals surface area (Å²) in [6, 6.07) is 25.2. The zero-order chi connectivity index (χ0) is 22.0. The fraction of sp³-hybridized carbons (Fsp3) is 0.0769. The van der Waals surface area contributed by atoms with Crippen LogP contribution in [0.25, 0.3) is 22.5 Å². The average molecular weight is 426 g/mol. The van der Waals surface area contributed by atoms with Crippen LogP contribution in [0.1, 0.15) is 17.0 Å². The minimum absolute atomic E-state index is 0.0353. The van der Waals surface area contributed by atoms with Crippen LogP contribution in [-0.2, 0) is 4.79 Å². The highest BCUT2D eigenvalue weighted by atomic mass is 35.5. The first-order valence-electron chi connectivity index (χ1n) is 9.83. The van der Waals surface area contributed by atoms with E-state index in [4.69, 9.17) is 11.6 Å². The third-order valence-corrected chi connectivity index (χ3v) is 5.50. The summed E-state index contributed by atoms with van der Waals surface area (Å²) in [5, 5.41) is 15.2. The second-order valence-corrected chi connectivity index (χ2v) is 7.73. The van der Waals surface area contributed by atoms with Crippen molar-refractivity contribution >= 4 is 40.0 Å². The number of fused-ring (bicyclic) bond motifs is 1. The Bertz CT molecular complexity index is 1350. The van der Waals surface area contributed by atoms with Gasteiger partial charge in [0.05, 0.1) is 5.69 Å². The van der Waals surface area contributed by atoms with Gasteiger partial charge in [-0.2, -0.15) is 5.26 Å². The molecule has 1 N–H and O–H groups in total. The van der Waals surface area contributed by atoms with Crippen molar-refractivity contribution in [1.82, 2.24) is 4.57 Å². The maximum Gasteiger partial charge on any atom is 0.266 e. The van der Waals surface area contributed by atoms with E-state index in [1.165, 1.54) is 0 Å². The number of carbonyl (C=O) groups excluding carboxylic acids is 1. The van der Waals surface area contributed by atoms with Crippen molar-refractivity contribution in [3.8, 4) is 11.8 Å². The van der Waals surface area contributed by atoms with Crippen molar-refractivity contribution in [2.45, 2.75) is 13.8 Å². The van der Waals surface area contributed by atoms with Crippen LogP contribution in [0.2, 0.25) is 5.02 Å². The third-order valence-electron chi connectivity index (χ3n) is 5.24. The summed E-state index contributed by atoms with van der Waals surface area (Å²) in [4.78, 5) is 12.6. The first-order chi connectivity index (χ1) is 15.0. The lowest BCUT2D eigenvalue weighted by atomic mass is 10.1. The molecule has 0 bridgehead atoms. The Morgan fingerprint density at radius 1 is 1.03 bits per heavy atom. The van der Waals surface area contributed by atoms with Gasteiger partial charge in [0, 0.05) is 27.5 Å². The second kappa shape index (κ2) is 8.51. The van der Waals surface area contributed by atoms with Gasteiger partial charge in [0.1, 0.15) is 11.6 Å². The van der Waals surface area contributed by atoms with Gasteiger partial charge in [0.25, 0.3) is 5.91 Å². The quantitative estimate of drug-likeness (QED) is 0.302. The molecular formula is C26H20ClN3O. The van der Waals surface area contributed by atoms with Gasteiger partial charge < -0.3 is 9.88 Å². The highest BCUT2D eigenvalue weighted by Crippen LogP contribution is 2.28. The number of benzene rings is 3. The predicted molar refractivity (Wildman–Crippen MR) is 126 cm³/mol. The monoisotopic (exact) mass is 425 g/mol. The van der Waals surface area contributed by atoms with Crippen molar-refractivity contribution in [2.24, 2.45) is 0 Å². The van der Waals surface area contributed by atoms with E-state index >= 15 is 0 Å². The van der Waals surface area contributed by atoms with Gasteiger partial charge in [-0.05, 0) is 67.3 Å². The van der Waals surface area contributed by atoms with Crippen LogP contribution >= 0.6 is 11.6 Å². The molecule has 0 aliphatic heterocycles. The van der Waals surface area contributed by atoms with E-state index in [9.17, 15) is 10.1 Å². The number of carbonyl (C=O) groups is 1. The van der Waals surface area contributed by atoms with Crippen LogP contribution in [0.4, 0.5) is 5.69 Å². The minimum atomic E-state index is -0.459. The summed E-state index contributed by atoms with van der Waals surface area (Å²) in [5.41, 5.74) is 4.49. The molecule has 4 nitrogen and oxygen atoms in total. The Morgan fingerprint density at radius 2 is 1.74 bits per heavy atom. The van der Waals surface area contributed by atoms with Crippen LogP contribution in [-0.4, -0.2) is 10.5 Å². The largest absolute Gasteiger partial charge is 0.321 e. The number of nitrogens with zero attached hydrogens (tertiary/aromatic N) is 2. The molecular weight excluding hydrogens is 406 g/mol.